The Bertz CT molecular complexity index is 1310. The van der Waals surface area contributed by atoms with E-state index < -0.39 is 24.2 Å². The van der Waals surface area contributed by atoms with Crippen LogP contribution in [-0.4, -0.2) is 49.3 Å². The number of anilines is 3. The van der Waals surface area contributed by atoms with Gasteiger partial charge in [0.15, 0.2) is 11.9 Å². The second-order valence-corrected chi connectivity index (χ2v) is 8.36. The number of aliphatic hydroxyl groups excluding tert-OH is 1. The van der Waals surface area contributed by atoms with Gasteiger partial charge in [0.25, 0.3) is 0 Å². The Morgan fingerprint density at radius 3 is 2.41 bits per heavy atom. The van der Waals surface area contributed by atoms with E-state index in [1.54, 1.807) is 72.8 Å². The highest BCUT2D eigenvalue weighted by atomic mass is 16.6. The van der Waals surface area contributed by atoms with E-state index in [1.807, 2.05) is 0 Å². The summed E-state index contributed by atoms with van der Waals surface area (Å²) in [7, 11) is 1.42. The second kappa shape index (κ2) is 14.3. The second-order valence-electron chi connectivity index (χ2n) is 8.36. The van der Waals surface area contributed by atoms with Gasteiger partial charge in [-0.3, -0.25) is 14.9 Å². The van der Waals surface area contributed by atoms with Gasteiger partial charge in [-0.2, -0.15) is 0 Å². The molecule has 10 nitrogen and oxygen atoms in total. The zero-order valence-corrected chi connectivity index (χ0v) is 21.6. The lowest BCUT2D eigenvalue weighted by molar-refractivity contribution is -0.112. The minimum Gasteiger partial charge on any atom is -0.491 e. The molecular weight excluding hydrogens is 502 g/mol. The molecule has 2 amide bonds. The first-order valence-corrected chi connectivity index (χ1v) is 12.1. The Labute approximate surface area is 226 Å². The molecule has 0 heterocycles. The number of carbonyl (C=O) groups excluding carboxylic acids is 3. The number of rotatable bonds is 12. The van der Waals surface area contributed by atoms with E-state index in [0.717, 1.165) is 0 Å². The van der Waals surface area contributed by atoms with Gasteiger partial charge in [-0.05, 0) is 67.1 Å². The maximum absolute atomic E-state index is 12.9. The summed E-state index contributed by atoms with van der Waals surface area (Å²) >= 11 is 0. The van der Waals surface area contributed by atoms with E-state index >= 15 is 0 Å². The number of ketones is 1. The highest BCUT2D eigenvalue weighted by molar-refractivity contribution is 6.01. The molecule has 0 unspecified atom stereocenters. The van der Waals surface area contributed by atoms with Crippen molar-refractivity contribution in [3.63, 3.8) is 0 Å². The van der Waals surface area contributed by atoms with Crippen LogP contribution in [0.2, 0.25) is 0 Å². The van der Waals surface area contributed by atoms with Crippen LogP contribution in [0.15, 0.2) is 84.9 Å². The van der Waals surface area contributed by atoms with Crippen molar-refractivity contribution in [2.45, 2.75) is 19.1 Å². The van der Waals surface area contributed by atoms with Gasteiger partial charge < -0.3 is 30.4 Å². The van der Waals surface area contributed by atoms with Gasteiger partial charge in [0.2, 0.25) is 5.91 Å². The average Bonchev–Trinajstić information content (AvgIpc) is 2.93. The number of para-hydroxylation sites is 2. The number of carbonyl (C=O) groups is 3. The van der Waals surface area contributed by atoms with E-state index in [0.29, 0.717) is 33.9 Å². The third-order valence-corrected chi connectivity index (χ3v) is 5.54. The molecule has 0 aliphatic carbocycles. The molecule has 5 N–H and O–H groups in total. The number of methoxy groups -OCH3 is 1. The van der Waals surface area contributed by atoms with Crippen molar-refractivity contribution < 1.29 is 33.7 Å². The van der Waals surface area contributed by atoms with E-state index in [1.165, 1.54) is 26.2 Å². The Balaban J connectivity index is 1.82. The van der Waals surface area contributed by atoms with Crippen molar-refractivity contribution in [3.05, 3.63) is 96.1 Å². The van der Waals surface area contributed by atoms with Gasteiger partial charge >= 0.3 is 6.09 Å². The number of amides is 2. The molecule has 2 atom stereocenters. The van der Waals surface area contributed by atoms with Crippen molar-refractivity contribution in [2.24, 2.45) is 0 Å². The van der Waals surface area contributed by atoms with Crippen LogP contribution in [0, 0.1) is 0 Å². The number of aliphatic hydroxyl groups is 1. The number of nitrogens with two attached hydrogens (primary N) is 1. The van der Waals surface area contributed by atoms with Gasteiger partial charge in [0.1, 0.15) is 18.5 Å². The topological polar surface area (TPSA) is 149 Å². The van der Waals surface area contributed by atoms with E-state index in [4.69, 9.17) is 25.1 Å². The number of nitrogens with one attached hydrogen (secondary N) is 2. The molecule has 10 heteroatoms. The van der Waals surface area contributed by atoms with Crippen LogP contribution in [0.5, 0.6) is 5.75 Å². The van der Waals surface area contributed by atoms with E-state index in [9.17, 15) is 14.4 Å². The monoisotopic (exact) mass is 533 g/mol. The summed E-state index contributed by atoms with van der Waals surface area (Å²) in [5, 5.41) is 14.4. The van der Waals surface area contributed by atoms with Gasteiger partial charge in [-0.1, -0.05) is 24.3 Å². The van der Waals surface area contributed by atoms with Gasteiger partial charge in [-0.15, -0.1) is 0 Å². The van der Waals surface area contributed by atoms with Crippen LogP contribution in [0.4, 0.5) is 21.9 Å². The molecule has 0 aromatic heterocycles. The minimum absolute atomic E-state index is 0.0854. The SMILES string of the molecule is CO[C@@H](/C=C/C(=O)Nc1ccccc1N)[C@@H](OC(=O)Nc1ccc(C(C)=O)cc1)c1cccc(OCCO)c1. The van der Waals surface area contributed by atoms with Crippen molar-refractivity contribution in [3.8, 4) is 5.75 Å². The number of benzene rings is 3. The Kier molecular flexibility index (Phi) is 10.6. The fourth-order valence-corrected chi connectivity index (χ4v) is 3.59. The summed E-state index contributed by atoms with van der Waals surface area (Å²) in [5.74, 6) is -0.101. The summed E-state index contributed by atoms with van der Waals surface area (Å²) in [6.07, 6.45) is 0.0867. The largest absolute Gasteiger partial charge is 0.491 e. The summed E-state index contributed by atoms with van der Waals surface area (Å²) < 4.78 is 16.8. The van der Waals surface area contributed by atoms with Crippen LogP contribution >= 0.6 is 0 Å². The van der Waals surface area contributed by atoms with Crippen LogP contribution in [0.1, 0.15) is 28.9 Å². The van der Waals surface area contributed by atoms with Crippen LogP contribution in [-0.2, 0) is 14.3 Å². The van der Waals surface area contributed by atoms with E-state index in [-0.39, 0.29) is 19.0 Å². The van der Waals surface area contributed by atoms with Gasteiger partial charge in [0.05, 0.1) is 18.0 Å². The predicted octanol–water partition coefficient (Wildman–Crippen LogP) is 4.34. The summed E-state index contributed by atoms with van der Waals surface area (Å²) in [4.78, 5) is 37.0. The maximum atomic E-state index is 12.9. The van der Waals surface area contributed by atoms with Crippen molar-refractivity contribution in [2.75, 3.05) is 36.7 Å². The molecule has 3 aromatic carbocycles. The quantitative estimate of drug-likeness (QED) is 0.153. The Morgan fingerprint density at radius 1 is 1.00 bits per heavy atom. The molecule has 3 rings (SSSR count). The molecule has 0 saturated carbocycles. The molecule has 0 saturated heterocycles. The zero-order valence-electron chi connectivity index (χ0n) is 21.6. The smallest absolute Gasteiger partial charge is 0.412 e. The fourth-order valence-electron chi connectivity index (χ4n) is 3.59. The van der Waals surface area contributed by atoms with E-state index in [2.05, 4.69) is 10.6 Å². The predicted molar refractivity (Wildman–Crippen MR) is 148 cm³/mol. The Morgan fingerprint density at radius 2 is 1.74 bits per heavy atom. The molecule has 0 spiro atoms. The fraction of sp³-hybridized carbons (Fsp3) is 0.207. The molecule has 0 aliphatic heterocycles. The highest BCUT2D eigenvalue weighted by Gasteiger charge is 2.26. The lowest BCUT2D eigenvalue weighted by atomic mass is 10.0. The molecular formula is C29H31N3O7. The van der Waals surface area contributed by atoms with Gasteiger partial charge in [0, 0.05) is 24.4 Å². The number of hydrogen-bond donors (Lipinski definition) is 4. The van der Waals surface area contributed by atoms with Crippen LogP contribution in [0.25, 0.3) is 0 Å². The molecule has 0 fully saturated rings. The molecule has 3 aromatic rings. The molecule has 0 aliphatic rings. The Hall–Kier alpha value is -4.67. The number of hydrogen-bond acceptors (Lipinski definition) is 8. The molecule has 0 radical (unpaired) electrons. The first-order valence-electron chi connectivity index (χ1n) is 12.1. The van der Waals surface area contributed by atoms with Crippen LogP contribution in [0.3, 0.4) is 0 Å². The maximum Gasteiger partial charge on any atom is 0.412 e. The van der Waals surface area contributed by atoms with Gasteiger partial charge in [-0.25, -0.2) is 4.79 Å². The van der Waals surface area contributed by atoms with Crippen molar-refractivity contribution in [1.82, 2.24) is 0 Å². The first-order chi connectivity index (χ1) is 18.8. The normalized spacial score (nSPS) is 12.4. The average molecular weight is 534 g/mol. The lowest BCUT2D eigenvalue weighted by Crippen LogP contribution is -2.27. The minimum atomic E-state index is -0.991. The summed E-state index contributed by atoms with van der Waals surface area (Å²) in [6.45, 7) is 1.37. The number of Topliss-reactive ketones (excluding diaryl/α,β-unsaturated/α-hetero) is 1. The number of nitrogen functional groups attached to an aromatic ring is 1. The standard InChI is InChI=1S/C29H31N3O7/c1-19(34)20-10-12-22(13-11-20)31-29(36)39-28(21-6-5-7-23(18-21)38-17-16-33)26(37-2)14-15-27(35)32-25-9-4-3-8-24(25)30/h3-15,18,26,28,33H,16-17,30H2,1-2H3,(H,31,36)(H,32,35)/b15-14+/t26-,28-/m0/s1. The highest BCUT2D eigenvalue weighted by Crippen LogP contribution is 2.28. The molecule has 204 valence electrons. The third-order valence-electron chi connectivity index (χ3n) is 5.54. The lowest BCUT2D eigenvalue weighted by Gasteiger charge is -2.25. The van der Waals surface area contributed by atoms with Crippen LogP contribution < -0.4 is 21.1 Å². The van der Waals surface area contributed by atoms with Crippen molar-refractivity contribution >= 4 is 34.8 Å². The molecule has 39 heavy (non-hydrogen) atoms. The third kappa shape index (κ3) is 8.70. The summed E-state index contributed by atoms with van der Waals surface area (Å²) in [6, 6.07) is 20.0. The summed E-state index contributed by atoms with van der Waals surface area (Å²) in [5.41, 5.74) is 8.22. The number of ether oxygens (including phenoxy) is 3. The van der Waals surface area contributed by atoms with Crippen molar-refractivity contribution in [1.29, 1.82) is 0 Å². The zero-order chi connectivity index (χ0) is 28.2. The first kappa shape index (κ1) is 28.9. The molecule has 0 bridgehead atoms.